The zero-order valence-electron chi connectivity index (χ0n) is 7.91. The summed E-state index contributed by atoms with van der Waals surface area (Å²) < 4.78 is 5.11. The third kappa shape index (κ3) is 2.21. The van der Waals surface area contributed by atoms with Gasteiger partial charge in [0.25, 0.3) is 0 Å². The topological polar surface area (TPSA) is 33.5 Å². The maximum atomic E-state index is 11.1. The SMILES string of the molecule is C=CC(=O)N(C)Cc1ccoc1C. The molecule has 0 aliphatic rings. The second kappa shape index (κ2) is 3.94. The zero-order valence-corrected chi connectivity index (χ0v) is 7.91. The quantitative estimate of drug-likeness (QED) is 0.662. The number of hydrogen-bond acceptors (Lipinski definition) is 2. The second-order valence-corrected chi connectivity index (χ2v) is 2.90. The highest BCUT2D eigenvalue weighted by molar-refractivity contribution is 5.86. The smallest absolute Gasteiger partial charge is 0.245 e. The zero-order chi connectivity index (χ0) is 9.84. The molecule has 1 aromatic rings. The highest BCUT2D eigenvalue weighted by Gasteiger charge is 2.07. The van der Waals surface area contributed by atoms with Crippen LogP contribution in [0, 0.1) is 6.92 Å². The number of aryl methyl sites for hydroxylation is 1. The van der Waals surface area contributed by atoms with Crippen LogP contribution in [0.1, 0.15) is 11.3 Å². The number of nitrogens with zero attached hydrogens (tertiary/aromatic N) is 1. The Labute approximate surface area is 77.6 Å². The van der Waals surface area contributed by atoms with Gasteiger partial charge < -0.3 is 9.32 Å². The van der Waals surface area contributed by atoms with Crippen LogP contribution in [-0.4, -0.2) is 17.9 Å². The second-order valence-electron chi connectivity index (χ2n) is 2.90. The highest BCUT2D eigenvalue weighted by atomic mass is 16.3. The fraction of sp³-hybridized carbons (Fsp3) is 0.300. The summed E-state index contributed by atoms with van der Waals surface area (Å²) in [7, 11) is 1.73. The van der Waals surface area contributed by atoms with Crippen LogP contribution >= 0.6 is 0 Å². The molecule has 0 saturated carbocycles. The lowest BCUT2D eigenvalue weighted by Gasteiger charge is -2.13. The molecule has 3 nitrogen and oxygen atoms in total. The Balaban J connectivity index is 2.64. The van der Waals surface area contributed by atoms with E-state index in [0.29, 0.717) is 6.54 Å². The van der Waals surface area contributed by atoms with E-state index in [1.807, 2.05) is 13.0 Å². The Morgan fingerprint density at radius 1 is 1.77 bits per heavy atom. The van der Waals surface area contributed by atoms with E-state index in [9.17, 15) is 4.79 Å². The van der Waals surface area contributed by atoms with E-state index in [1.54, 1.807) is 18.2 Å². The van der Waals surface area contributed by atoms with E-state index in [0.717, 1.165) is 11.3 Å². The summed E-state index contributed by atoms with van der Waals surface area (Å²) in [5.41, 5.74) is 1.03. The van der Waals surface area contributed by atoms with Gasteiger partial charge >= 0.3 is 0 Å². The van der Waals surface area contributed by atoms with Crippen LogP contribution in [0.2, 0.25) is 0 Å². The molecule has 0 bridgehead atoms. The lowest BCUT2D eigenvalue weighted by atomic mass is 10.2. The predicted octanol–water partition coefficient (Wildman–Crippen LogP) is 1.73. The minimum absolute atomic E-state index is 0.0828. The van der Waals surface area contributed by atoms with Gasteiger partial charge in [-0.15, -0.1) is 0 Å². The molecule has 0 atom stereocenters. The van der Waals surface area contributed by atoms with Gasteiger partial charge in [0.1, 0.15) is 5.76 Å². The fourth-order valence-electron chi connectivity index (χ4n) is 1.06. The van der Waals surface area contributed by atoms with E-state index in [4.69, 9.17) is 4.42 Å². The van der Waals surface area contributed by atoms with Crippen LogP contribution in [0.15, 0.2) is 29.4 Å². The number of rotatable bonds is 3. The fourth-order valence-corrected chi connectivity index (χ4v) is 1.06. The van der Waals surface area contributed by atoms with Crippen LogP contribution in [-0.2, 0) is 11.3 Å². The van der Waals surface area contributed by atoms with Crippen LogP contribution in [0.4, 0.5) is 0 Å². The summed E-state index contributed by atoms with van der Waals surface area (Å²) in [6, 6.07) is 1.86. The Bertz CT molecular complexity index is 314. The molecular weight excluding hydrogens is 166 g/mol. The summed E-state index contributed by atoms with van der Waals surface area (Å²) in [5.74, 6) is 0.768. The van der Waals surface area contributed by atoms with Crippen molar-refractivity contribution in [2.24, 2.45) is 0 Å². The lowest BCUT2D eigenvalue weighted by Crippen LogP contribution is -2.23. The van der Waals surface area contributed by atoms with Crippen LogP contribution in [0.3, 0.4) is 0 Å². The minimum atomic E-state index is -0.0828. The van der Waals surface area contributed by atoms with Gasteiger partial charge in [0.05, 0.1) is 6.26 Å². The standard InChI is InChI=1S/C10H13NO2/c1-4-10(12)11(3)7-9-5-6-13-8(9)2/h4-6H,1,7H2,2-3H3. The molecule has 0 N–H and O–H groups in total. The lowest BCUT2D eigenvalue weighted by molar-refractivity contribution is -0.125. The Morgan fingerprint density at radius 2 is 2.46 bits per heavy atom. The molecule has 0 spiro atoms. The molecule has 1 amide bonds. The molecule has 1 aromatic heterocycles. The molecule has 3 heteroatoms. The number of carbonyl (C=O) groups excluding carboxylic acids is 1. The van der Waals surface area contributed by atoms with Gasteiger partial charge in [-0.3, -0.25) is 4.79 Å². The van der Waals surface area contributed by atoms with Gasteiger partial charge in [-0.05, 0) is 19.1 Å². The molecule has 0 aliphatic heterocycles. The Hall–Kier alpha value is -1.51. The van der Waals surface area contributed by atoms with Crippen molar-refractivity contribution in [1.82, 2.24) is 4.90 Å². The summed E-state index contributed by atoms with van der Waals surface area (Å²) in [5, 5.41) is 0. The Kier molecular flexibility index (Phi) is 2.90. The average Bonchev–Trinajstić information content (AvgIpc) is 2.50. The van der Waals surface area contributed by atoms with Gasteiger partial charge in [-0.1, -0.05) is 6.58 Å². The van der Waals surface area contributed by atoms with Crippen LogP contribution in [0.5, 0.6) is 0 Å². The predicted molar refractivity (Wildman–Crippen MR) is 50.1 cm³/mol. The normalized spacial score (nSPS) is 9.69. The third-order valence-electron chi connectivity index (χ3n) is 1.92. The molecule has 70 valence electrons. The van der Waals surface area contributed by atoms with Crippen LogP contribution in [0.25, 0.3) is 0 Å². The largest absolute Gasteiger partial charge is 0.469 e. The van der Waals surface area contributed by atoms with Crippen molar-refractivity contribution in [2.75, 3.05) is 7.05 Å². The van der Waals surface area contributed by atoms with E-state index in [-0.39, 0.29) is 5.91 Å². The number of likely N-dealkylation sites (N-methyl/N-ethyl adjacent to an activating group) is 1. The van der Waals surface area contributed by atoms with E-state index < -0.39 is 0 Å². The summed E-state index contributed by atoms with van der Waals surface area (Å²) in [4.78, 5) is 12.7. The molecule has 0 unspecified atom stereocenters. The van der Waals surface area contributed by atoms with Crippen molar-refractivity contribution in [1.29, 1.82) is 0 Å². The first-order chi connectivity index (χ1) is 6.15. The molecule has 0 radical (unpaired) electrons. The molecule has 13 heavy (non-hydrogen) atoms. The number of amides is 1. The van der Waals surface area contributed by atoms with Crippen LogP contribution < -0.4 is 0 Å². The van der Waals surface area contributed by atoms with Gasteiger partial charge in [-0.2, -0.15) is 0 Å². The molecule has 0 saturated heterocycles. The molecule has 0 aromatic carbocycles. The van der Waals surface area contributed by atoms with Crippen molar-refractivity contribution >= 4 is 5.91 Å². The first-order valence-electron chi connectivity index (χ1n) is 4.05. The van der Waals surface area contributed by atoms with Crippen molar-refractivity contribution in [3.63, 3.8) is 0 Å². The number of carbonyl (C=O) groups is 1. The maximum Gasteiger partial charge on any atom is 0.245 e. The average molecular weight is 179 g/mol. The van der Waals surface area contributed by atoms with E-state index >= 15 is 0 Å². The van der Waals surface area contributed by atoms with E-state index in [1.165, 1.54) is 6.08 Å². The first-order valence-corrected chi connectivity index (χ1v) is 4.05. The molecule has 0 fully saturated rings. The van der Waals surface area contributed by atoms with Crippen molar-refractivity contribution in [3.8, 4) is 0 Å². The first kappa shape index (κ1) is 9.58. The summed E-state index contributed by atoms with van der Waals surface area (Å²) in [6.07, 6.45) is 2.92. The van der Waals surface area contributed by atoms with Gasteiger partial charge in [0.2, 0.25) is 5.91 Å². The highest BCUT2D eigenvalue weighted by Crippen LogP contribution is 2.10. The Morgan fingerprint density at radius 3 is 2.92 bits per heavy atom. The monoisotopic (exact) mass is 179 g/mol. The van der Waals surface area contributed by atoms with Gasteiger partial charge in [0.15, 0.2) is 0 Å². The number of hydrogen-bond donors (Lipinski definition) is 0. The summed E-state index contributed by atoms with van der Waals surface area (Å²) in [6.45, 7) is 5.86. The summed E-state index contributed by atoms with van der Waals surface area (Å²) >= 11 is 0. The molecule has 1 rings (SSSR count). The van der Waals surface area contributed by atoms with Crippen molar-refractivity contribution in [2.45, 2.75) is 13.5 Å². The molecule has 0 aliphatic carbocycles. The van der Waals surface area contributed by atoms with E-state index in [2.05, 4.69) is 6.58 Å². The van der Waals surface area contributed by atoms with Gasteiger partial charge in [-0.25, -0.2) is 0 Å². The van der Waals surface area contributed by atoms with Crippen molar-refractivity contribution < 1.29 is 9.21 Å². The third-order valence-corrected chi connectivity index (χ3v) is 1.92. The molecule has 1 heterocycles. The van der Waals surface area contributed by atoms with Crippen molar-refractivity contribution in [3.05, 3.63) is 36.3 Å². The molecular formula is C10H13NO2. The number of furan rings is 1. The van der Waals surface area contributed by atoms with Gasteiger partial charge in [0, 0.05) is 19.2 Å². The minimum Gasteiger partial charge on any atom is -0.469 e. The maximum absolute atomic E-state index is 11.1.